The maximum absolute atomic E-state index is 13.7. The molecule has 4 heterocycles. The minimum Gasteiger partial charge on any atom is -0.417 e. The van der Waals surface area contributed by atoms with Crippen molar-refractivity contribution in [3.8, 4) is 0 Å². The van der Waals surface area contributed by atoms with Crippen molar-refractivity contribution in [2.75, 3.05) is 11.5 Å². The Morgan fingerprint density at radius 2 is 1.97 bits per heavy atom. The summed E-state index contributed by atoms with van der Waals surface area (Å²) in [5.41, 5.74) is 1.18. The molecule has 33 heavy (non-hydrogen) atoms. The molecule has 2 amide bonds. The molecule has 4 unspecified atom stereocenters. The number of aliphatic hydroxyl groups is 1. The average molecular weight is 489 g/mol. The summed E-state index contributed by atoms with van der Waals surface area (Å²) in [5, 5.41) is 11.0. The summed E-state index contributed by atoms with van der Waals surface area (Å²) >= 11 is 1.47. The van der Waals surface area contributed by atoms with E-state index >= 15 is 0 Å². The first kappa shape index (κ1) is 23.1. The normalized spacial score (nSPS) is 34.0. The third kappa shape index (κ3) is 3.20. The first-order valence-corrected chi connectivity index (χ1v) is 15.3. The van der Waals surface area contributed by atoms with E-state index < -0.39 is 37.5 Å². The number of imide groups is 1. The van der Waals surface area contributed by atoms with Crippen LogP contribution in [0.4, 0.5) is 5.69 Å². The molecule has 0 aliphatic carbocycles. The molecule has 0 radical (unpaired) electrons. The van der Waals surface area contributed by atoms with Crippen molar-refractivity contribution in [2.45, 2.75) is 76.0 Å². The molecule has 0 spiro atoms. The number of nitrogens with zero attached hydrogens (tertiary/aromatic N) is 2. The topological polar surface area (TPSA) is 89.0 Å². The van der Waals surface area contributed by atoms with Gasteiger partial charge in [-0.25, -0.2) is 9.88 Å². The number of anilines is 1. The second-order valence-electron chi connectivity index (χ2n) is 11.4. The molecular formula is C24H32N2O5SSi. The Morgan fingerprint density at radius 3 is 2.67 bits per heavy atom. The van der Waals surface area contributed by atoms with Crippen molar-refractivity contribution in [3.63, 3.8) is 0 Å². The van der Waals surface area contributed by atoms with E-state index in [0.29, 0.717) is 25.1 Å². The molecule has 9 heteroatoms. The average Bonchev–Trinajstić information content (AvgIpc) is 3.40. The molecule has 1 aromatic heterocycles. The van der Waals surface area contributed by atoms with Crippen LogP contribution in [0.25, 0.3) is 10.2 Å². The minimum atomic E-state index is -1.98. The highest BCUT2D eigenvalue weighted by molar-refractivity contribution is 7.16. The predicted molar refractivity (Wildman–Crippen MR) is 130 cm³/mol. The maximum Gasteiger partial charge on any atom is 0.240 e. The number of ether oxygens (including phenoxy) is 1. The fourth-order valence-corrected chi connectivity index (χ4v) is 7.31. The van der Waals surface area contributed by atoms with Gasteiger partial charge in [0.15, 0.2) is 8.32 Å². The second kappa shape index (κ2) is 7.18. The number of hydrogen-bond acceptors (Lipinski definition) is 7. The summed E-state index contributed by atoms with van der Waals surface area (Å²) in [7, 11) is -1.98. The Hall–Kier alpha value is -1.65. The molecule has 2 aromatic rings. The van der Waals surface area contributed by atoms with E-state index in [1.165, 1.54) is 16.2 Å². The summed E-state index contributed by atoms with van der Waals surface area (Å²) < 4.78 is 13.7. The van der Waals surface area contributed by atoms with Gasteiger partial charge in [0.05, 0.1) is 45.0 Å². The number of amides is 2. The summed E-state index contributed by atoms with van der Waals surface area (Å²) in [6.45, 7) is 13.2. The monoisotopic (exact) mass is 488 g/mol. The maximum atomic E-state index is 13.7. The third-order valence-electron chi connectivity index (χ3n) is 8.48. The molecule has 1 N–H and O–H groups in total. The number of aliphatic hydroxyl groups excluding tert-OH is 1. The molecule has 2 bridgehead atoms. The highest BCUT2D eigenvalue weighted by atomic mass is 32.1. The number of carbonyl (C=O) groups excluding carboxylic acids is 2. The van der Waals surface area contributed by atoms with Gasteiger partial charge in [-0.15, -0.1) is 11.3 Å². The second-order valence-corrected chi connectivity index (χ2v) is 17.1. The Labute approximate surface area is 199 Å². The molecule has 7 nitrogen and oxygen atoms in total. The van der Waals surface area contributed by atoms with Gasteiger partial charge in [-0.2, -0.15) is 0 Å². The summed E-state index contributed by atoms with van der Waals surface area (Å²) in [6.07, 6.45) is 0.0210. The number of hydrogen-bond donors (Lipinski definition) is 1. The molecular weight excluding hydrogens is 456 g/mol. The van der Waals surface area contributed by atoms with Crippen LogP contribution in [0.5, 0.6) is 0 Å². The molecule has 3 aliphatic rings. The van der Waals surface area contributed by atoms with Crippen LogP contribution in [-0.4, -0.2) is 54.1 Å². The number of carbonyl (C=O) groups is 2. The smallest absolute Gasteiger partial charge is 0.240 e. The Bertz CT molecular complexity index is 1140. The molecule has 0 saturated carbocycles. The van der Waals surface area contributed by atoms with Crippen LogP contribution in [0.2, 0.25) is 18.1 Å². The lowest BCUT2D eigenvalue weighted by Crippen LogP contribution is -2.50. The molecule has 5 rings (SSSR count). The van der Waals surface area contributed by atoms with Crippen LogP contribution in [0, 0.1) is 11.8 Å². The van der Waals surface area contributed by atoms with Crippen molar-refractivity contribution < 1.29 is 23.9 Å². The van der Waals surface area contributed by atoms with E-state index in [0.717, 1.165) is 10.2 Å². The highest BCUT2D eigenvalue weighted by Crippen LogP contribution is 2.62. The SMILES string of the molecule is CC12OC(CCO[Si](C)(C)C(C)(C)C)(CC1O)C1C(=O)N(c3ccc4ncsc4c3)C(=O)[C@H]12. The van der Waals surface area contributed by atoms with Crippen LogP contribution in [0.1, 0.15) is 40.5 Å². The lowest BCUT2D eigenvalue weighted by molar-refractivity contribution is -0.134. The van der Waals surface area contributed by atoms with Crippen LogP contribution in [-0.2, 0) is 18.8 Å². The van der Waals surface area contributed by atoms with Gasteiger partial charge in [0.2, 0.25) is 11.8 Å². The van der Waals surface area contributed by atoms with Crippen LogP contribution >= 0.6 is 11.3 Å². The van der Waals surface area contributed by atoms with Gasteiger partial charge in [0.25, 0.3) is 0 Å². The van der Waals surface area contributed by atoms with E-state index in [9.17, 15) is 14.7 Å². The van der Waals surface area contributed by atoms with Gasteiger partial charge in [0, 0.05) is 13.0 Å². The van der Waals surface area contributed by atoms with Crippen molar-refractivity contribution in [3.05, 3.63) is 23.7 Å². The van der Waals surface area contributed by atoms with Crippen LogP contribution in [0.15, 0.2) is 23.7 Å². The molecule has 178 valence electrons. The quantitative estimate of drug-likeness (QED) is 0.503. The molecule has 3 saturated heterocycles. The summed E-state index contributed by atoms with van der Waals surface area (Å²) in [6, 6.07) is 5.45. The fourth-order valence-electron chi connectivity index (χ4n) is 5.56. The zero-order valence-corrected chi connectivity index (χ0v) is 21.9. The van der Waals surface area contributed by atoms with Gasteiger partial charge in [-0.05, 0) is 49.7 Å². The number of benzene rings is 1. The van der Waals surface area contributed by atoms with Crippen molar-refractivity contribution in [1.82, 2.24) is 4.98 Å². The minimum absolute atomic E-state index is 0.0681. The van der Waals surface area contributed by atoms with Crippen molar-refractivity contribution in [1.29, 1.82) is 0 Å². The van der Waals surface area contributed by atoms with Gasteiger partial charge in [0.1, 0.15) is 5.60 Å². The number of fused-ring (bicyclic) bond motifs is 6. The number of thiazole rings is 1. The zero-order valence-electron chi connectivity index (χ0n) is 20.0. The Morgan fingerprint density at radius 1 is 1.27 bits per heavy atom. The lowest BCUT2D eigenvalue weighted by atomic mass is 9.66. The first-order chi connectivity index (χ1) is 15.3. The van der Waals surface area contributed by atoms with Crippen molar-refractivity contribution >= 4 is 47.4 Å². The Balaban J connectivity index is 1.45. The standard InChI is InChI=1S/C24H32N2O5SSi/c1-22(2,3)33(5,6)30-10-9-24-12-17(27)23(4,31-24)18-19(24)21(29)26(20(18)28)14-7-8-15-16(11-14)32-13-25-15/h7-8,11,13,17-19,27H,9-10,12H2,1-6H3/t17?,18-,19?,23?,24?/m0/s1. The molecule has 5 atom stereocenters. The lowest BCUT2D eigenvalue weighted by Gasteiger charge is -2.38. The number of aromatic nitrogens is 1. The molecule has 1 aromatic carbocycles. The van der Waals surface area contributed by atoms with Crippen molar-refractivity contribution in [2.24, 2.45) is 11.8 Å². The largest absolute Gasteiger partial charge is 0.417 e. The van der Waals surface area contributed by atoms with E-state index in [1.54, 1.807) is 18.5 Å². The van der Waals surface area contributed by atoms with Gasteiger partial charge in [-0.3, -0.25) is 9.59 Å². The van der Waals surface area contributed by atoms with E-state index in [2.05, 4.69) is 38.8 Å². The zero-order chi connectivity index (χ0) is 24.0. The summed E-state index contributed by atoms with van der Waals surface area (Å²) in [5.74, 6) is -1.84. The Kier molecular flexibility index (Phi) is 5.02. The van der Waals surface area contributed by atoms with Gasteiger partial charge in [-0.1, -0.05) is 20.8 Å². The first-order valence-electron chi connectivity index (χ1n) is 11.5. The fraction of sp³-hybridized carbons (Fsp3) is 0.625. The van der Waals surface area contributed by atoms with Crippen LogP contribution in [0.3, 0.4) is 0 Å². The van der Waals surface area contributed by atoms with Crippen LogP contribution < -0.4 is 4.90 Å². The predicted octanol–water partition coefficient (Wildman–Crippen LogP) is 4.11. The van der Waals surface area contributed by atoms with Gasteiger partial charge >= 0.3 is 0 Å². The van der Waals surface area contributed by atoms with E-state index in [1.807, 2.05) is 12.1 Å². The van der Waals surface area contributed by atoms with Gasteiger partial charge < -0.3 is 14.3 Å². The summed E-state index contributed by atoms with van der Waals surface area (Å²) in [4.78, 5) is 32.9. The van der Waals surface area contributed by atoms with E-state index in [-0.39, 0.29) is 16.9 Å². The molecule has 3 aliphatic heterocycles. The highest BCUT2D eigenvalue weighted by Gasteiger charge is 2.76. The van der Waals surface area contributed by atoms with E-state index in [4.69, 9.17) is 9.16 Å². The number of rotatable bonds is 5. The molecule has 3 fully saturated rings. The third-order valence-corrected chi connectivity index (χ3v) is 13.8.